The van der Waals surface area contributed by atoms with Gasteiger partial charge in [0.25, 0.3) is 7.59 Å². The van der Waals surface area contributed by atoms with Crippen molar-refractivity contribution in [3.05, 3.63) is 29.6 Å². The Morgan fingerprint density at radius 1 is 0.846 bits per heavy atom. The van der Waals surface area contributed by atoms with Crippen LogP contribution in [0.3, 0.4) is 0 Å². The fourth-order valence-electron chi connectivity index (χ4n) is 1.75. The van der Waals surface area contributed by atoms with Crippen LogP contribution in [0, 0.1) is 0 Å². The van der Waals surface area contributed by atoms with Crippen LogP contribution < -0.4 is 0 Å². The molecule has 0 fully saturated rings. The molecule has 1 aromatic rings. The summed E-state index contributed by atoms with van der Waals surface area (Å²) in [4.78, 5) is 24.0. The van der Waals surface area contributed by atoms with Crippen molar-refractivity contribution in [2.75, 3.05) is 42.3 Å². The summed E-state index contributed by atoms with van der Waals surface area (Å²) in [6.07, 6.45) is 0. The summed E-state index contributed by atoms with van der Waals surface area (Å²) in [7, 11) is 8.49. The summed E-state index contributed by atoms with van der Waals surface area (Å²) in [6, 6.07) is 3.80. The molecule has 0 aliphatic heterocycles. The summed E-state index contributed by atoms with van der Waals surface area (Å²) in [5.41, 5.74) is -0.537. The Hall–Kier alpha value is -1.19. The number of carboxylic acid groups (broad SMARTS) is 2. The van der Waals surface area contributed by atoms with Crippen LogP contribution in [0.15, 0.2) is 18.2 Å². The van der Waals surface area contributed by atoms with Gasteiger partial charge in [0.1, 0.15) is 11.4 Å². The average molecular weight is 476 g/mol. The monoisotopic (exact) mass is 478 g/mol. The molecule has 1 aromatic heterocycles. The Labute approximate surface area is 166 Å². The zero-order valence-corrected chi connectivity index (χ0v) is 18.3. The number of hydrogen-bond donors (Lipinski definition) is 4. The Bertz CT molecular complexity index is 556. The van der Waals surface area contributed by atoms with Gasteiger partial charge in [-0.25, -0.2) is 28.6 Å². The molecule has 0 amide bonds. The van der Waals surface area contributed by atoms with Crippen molar-refractivity contribution in [3.8, 4) is 0 Å². The molecule has 11 nitrogen and oxygen atoms in total. The van der Waals surface area contributed by atoms with E-state index in [1.165, 1.54) is 18.2 Å². The topological polar surface area (TPSA) is 155 Å². The van der Waals surface area contributed by atoms with E-state index in [0.29, 0.717) is 0 Å². The molecule has 0 saturated heterocycles. The number of carboxylic acids is 2. The molecule has 1 heterocycles. The Morgan fingerprint density at radius 3 is 1.27 bits per heavy atom. The minimum atomic E-state index is -2.44. The molecule has 13 heteroatoms. The van der Waals surface area contributed by atoms with Crippen LogP contribution in [0.4, 0.5) is 0 Å². The van der Waals surface area contributed by atoms with E-state index in [4.69, 9.17) is 20.7 Å². The molecule has 1 rings (SSSR count). The Morgan fingerprint density at radius 2 is 1.12 bits per heavy atom. The molecule has 0 atom stereocenters. The SMILES string of the molecule is CN(C)P(=O)(N(C)C)N(C)C.O=C(O)c1cccc(C(=O)O)n1.OO.[Mo]. The number of aromatic carboxylic acids is 2. The van der Waals surface area contributed by atoms with Crippen molar-refractivity contribution in [2.24, 2.45) is 0 Å². The van der Waals surface area contributed by atoms with Gasteiger partial charge in [0, 0.05) is 21.1 Å². The molecule has 0 radical (unpaired) electrons. The van der Waals surface area contributed by atoms with Gasteiger partial charge in [-0.3, -0.25) is 15.1 Å². The predicted molar refractivity (Wildman–Crippen MR) is 92.1 cm³/mol. The molecular formula is C13H25MoN4O7P. The van der Waals surface area contributed by atoms with Crippen LogP contribution in [-0.2, 0) is 25.6 Å². The van der Waals surface area contributed by atoms with Crippen LogP contribution >= 0.6 is 7.59 Å². The molecular weight excluding hydrogens is 451 g/mol. The van der Waals surface area contributed by atoms with Gasteiger partial charge in [-0.1, -0.05) is 6.07 Å². The molecule has 26 heavy (non-hydrogen) atoms. The number of carbonyl (C=O) groups is 2. The van der Waals surface area contributed by atoms with Crippen molar-refractivity contribution >= 4 is 19.5 Å². The van der Waals surface area contributed by atoms with Crippen molar-refractivity contribution in [1.82, 2.24) is 19.0 Å². The molecule has 150 valence electrons. The van der Waals surface area contributed by atoms with E-state index < -0.39 is 19.5 Å². The minimum Gasteiger partial charge on any atom is -0.477 e. The maximum Gasteiger partial charge on any atom is 0.354 e. The molecule has 0 aliphatic rings. The van der Waals surface area contributed by atoms with E-state index in [-0.39, 0.29) is 32.5 Å². The summed E-state index contributed by atoms with van der Waals surface area (Å²) >= 11 is 0. The second-order valence-electron chi connectivity index (χ2n) is 5.07. The second-order valence-corrected chi connectivity index (χ2v) is 8.50. The smallest absolute Gasteiger partial charge is 0.354 e. The van der Waals surface area contributed by atoms with E-state index in [1.807, 2.05) is 42.3 Å². The standard InChI is InChI=1S/C7H5NO4.C6H18N3OP.Mo.H2O2/c9-6(10)4-2-1-3-5(8-4)7(11)12;1-7(2)11(10,8(3)4)9(5)6;;1-2/h1-3H,(H,9,10)(H,11,12);1-6H3;;1-2H. The zero-order valence-electron chi connectivity index (χ0n) is 15.4. The first-order valence-electron chi connectivity index (χ1n) is 6.71. The van der Waals surface area contributed by atoms with Gasteiger partial charge in [0.2, 0.25) is 0 Å². The first-order chi connectivity index (χ1) is 11.4. The van der Waals surface area contributed by atoms with E-state index in [1.54, 1.807) is 14.0 Å². The molecule has 0 spiro atoms. The number of nitrogens with zero attached hydrogens (tertiary/aromatic N) is 4. The van der Waals surface area contributed by atoms with Crippen LogP contribution in [0.25, 0.3) is 0 Å². The summed E-state index contributed by atoms with van der Waals surface area (Å²) in [5, 5.41) is 28.9. The van der Waals surface area contributed by atoms with Crippen molar-refractivity contribution < 1.29 is 55.9 Å². The summed E-state index contributed by atoms with van der Waals surface area (Å²) in [5.74, 6) is -2.48. The second kappa shape index (κ2) is 13.9. The predicted octanol–water partition coefficient (Wildman–Crippen LogP) is 1.27. The maximum absolute atomic E-state index is 12.1. The van der Waals surface area contributed by atoms with Gasteiger partial charge >= 0.3 is 11.9 Å². The molecule has 0 bridgehead atoms. The normalized spacial score (nSPS) is 10.3. The van der Waals surface area contributed by atoms with Crippen molar-refractivity contribution in [2.45, 2.75) is 0 Å². The van der Waals surface area contributed by atoms with Gasteiger partial charge in [0.15, 0.2) is 0 Å². The van der Waals surface area contributed by atoms with Gasteiger partial charge < -0.3 is 10.2 Å². The van der Waals surface area contributed by atoms with Crippen LogP contribution in [-0.4, -0.2) is 93.9 Å². The molecule has 4 N–H and O–H groups in total. The van der Waals surface area contributed by atoms with E-state index >= 15 is 0 Å². The maximum atomic E-state index is 12.1. The zero-order chi connectivity index (χ0) is 20.4. The van der Waals surface area contributed by atoms with Gasteiger partial charge in [-0.05, 0) is 54.4 Å². The van der Waals surface area contributed by atoms with Gasteiger partial charge in [-0.15, -0.1) is 0 Å². The first kappa shape index (κ1) is 29.6. The summed E-state index contributed by atoms with van der Waals surface area (Å²) in [6.45, 7) is 0. The van der Waals surface area contributed by atoms with Crippen molar-refractivity contribution in [3.63, 3.8) is 0 Å². The quantitative estimate of drug-likeness (QED) is 0.210. The number of hydrogen-bond acceptors (Lipinski definition) is 6. The van der Waals surface area contributed by atoms with E-state index in [0.717, 1.165) is 0 Å². The Balaban J connectivity index is -0.000000360. The fourth-order valence-corrected chi connectivity index (χ4v) is 3.89. The van der Waals surface area contributed by atoms with Gasteiger partial charge in [0.05, 0.1) is 0 Å². The van der Waals surface area contributed by atoms with Gasteiger partial charge in [-0.2, -0.15) is 0 Å². The number of rotatable bonds is 5. The van der Waals surface area contributed by atoms with E-state index in [2.05, 4.69) is 4.98 Å². The molecule has 0 saturated carbocycles. The van der Waals surface area contributed by atoms with Crippen molar-refractivity contribution in [1.29, 1.82) is 0 Å². The van der Waals surface area contributed by atoms with Crippen LogP contribution in [0.2, 0.25) is 0 Å². The first-order valence-corrected chi connectivity index (χ1v) is 8.28. The average Bonchev–Trinajstić information content (AvgIpc) is 2.55. The third-order valence-corrected chi connectivity index (χ3v) is 5.88. The summed E-state index contributed by atoms with van der Waals surface area (Å²) < 4.78 is 17.3. The molecule has 0 aromatic carbocycles. The molecule has 0 unspecified atom stereocenters. The van der Waals surface area contributed by atoms with Crippen LogP contribution in [0.5, 0.6) is 0 Å². The number of pyridine rings is 1. The van der Waals surface area contributed by atoms with Crippen LogP contribution in [0.1, 0.15) is 21.0 Å². The molecule has 0 aliphatic carbocycles. The van der Waals surface area contributed by atoms with E-state index in [9.17, 15) is 14.2 Å². The third kappa shape index (κ3) is 8.95. The fraction of sp³-hybridized carbons (Fsp3) is 0.462. The third-order valence-electron chi connectivity index (χ3n) is 2.75. The Kier molecular flexibility index (Phi) is 15.9. The minimum absolute atomic E-state index is 0. The largest absolute Gasteiger partial charge is 0.477 e. The number of aromatic nitrogens is 1.